The zero-order valence-electron chi connectivity index (χ0n) is 19.1. The molecular formula is C25H32N4O3. The van der Waals surface area contributed by atoms with Crippen LogP contribution in [0.1, 0.15) is 37.3 Å². The van der Waals surface area contributed by atoms with Crippen LogP contribution >= 0.6 is 0 Å². The molecule has 2 aliphatic heterocycles. The SMILES string of the molecule is COc1ccc(C)cc1N1CC(C(=O)NCc2ccc(N3CCC(C)CC3)nc2)CC1=O. The van der Waals surface area contributed by atoms with Gasteiger partial charge in [0, 0.05) is 38.8 Å². The molecule has 4 rings (SSSR count). The smallest absolute Gasteiger partial charge is 0.227 e. The van der Waals surface area contributed by atoms with Gasteiger partial charge in [0.25, 0.3) is 0 Å². The van der Waals surface area contributed by atoms with E-state index in [0.29, 0.717) is 18.8 Å². The topological polar surface area (TPSA) is 74.8 Å². The summed E-state index contributed by atoms with van der Waals surface area (Å²) in [5.74, 6) is 1.87. The van der Waals surface area contributed by atoms with E-state index in [0.717, 1.165) is 41.6 Å². The molecule has 2 saturated heterocycles. The number of nitrogens with zero attached hydrogens (tertiary/aromatic N) is 3. The first-order chi connectivity index (χ1) is 15.4. The third-order valence-electron chi connectivity index (χ3n) is 6.50. The van der Waals surface area contributed by atoms with Crippen LogP contribution in [-0.2, 0) is 16.1 Å². The highest BCUT2D eigenvalue weighted by atomic mass is 16.5. The fourth-order valence-electron chi connectivity index (χ4n) is 4.41. The van der Waals surface area contributed by atoms with Crippen molar-refractivity contribution in [1.82, 2.24) is 10.3 Å². The van der Waals surface area contributed by atoms with Crippen LogP contribution in [0.3, 0.4) is 0 Å². The zero-order valence-corrected chi connectivity index (χ0v) is 19.1. The third kappa shape index (κ3) is 4.87. The molecule has 0 saturated carbocycles. The Bertz CT molecular complexity index is 968. The molecule has 1 atom stereocenters. The van der Waals surface area contributed by atoms with Gasteiger partial charge in [-0.25, -0.2) is 4.98 Å². The van der Waals surface area contributed by atoms with E-state index in [1.807, 2.05) is 43.5 Å². The normalized spacial score (nSPS) is 19.3. The van der Waals surface area contributed by atoms with E-state index in [-0.39, 0.29) is 24.2 Å². The van der Waals surface area contributed by atoms with Gasteiger partial charge in [-0.1, -0.05) is 19.1 Å². The highest BCUT2D eigenvalue weighted by Crippen LogP contribution is 2.34. The Kier molecular flexibility index (Phi) is 6.63. The van der Waals surface area contributed by atoms with Gasteiger partial charge in [-0.2, -0.15) is 0 Å². The number of carbonyl (C=O) groups is 2. The Morgan fingerprint density at radius 2 is 2.00 bits per heavy atom. The van der Waals surface area contributed by atoms with Crippen molar-refractivity contribution in [3.8, 4) is 5.75 Å². The number of aromatic nitrogens is 1. The number of carbonyl (C=O) groups excluding carboxylic acids is 2. The fourth-order valence-corrected chi connectivity index (χ4v) is 4.41. The number of rotatable bonds is 6. The summed E-state index contributed by atoms with van der Waals surface area (Å²) in [6, 6.07) is 9.77. The van der Waals surface area contributed by atoms with Gasteiger partial charge in [0.05, 0.1) is 18.7 Å². The monoisotopic (exact) mass is 436 g/mol. The number of anilines is 2. The molecule has 1 N–H and O–H groups in total. The molecule has 32 heavy (non-hydrogen) atoms. The zero-order chi connectivity index (χ0) is 22.7. The minimum absolute atomic E-state index is 0.0593. The largest absolute Gasteiger partial charge is 0.495 e. The maximum atomic E-state index is 12.8. The molecule has 2 aliphatic rings. The van der Waals surface area contributed by atoms with Gasteiger partial charge in [0.15, 0.2) is 0 Å². The van der Waals surface area contributed by atoms with Gasteiger partial charge >= 0.3 is 0 Å². The summed E-state index contributed by atoms with van der Waals surface area (Å²) in [5, 5.41) is 2.98. The molecular weight excluding hydrogens is 404 g/mol. The van der Waals surface area contributed by atoms with Crippen molar-refractivity contribution in [3.63, 3.8) is 0 Å². The van der Waals surface area contributed by atoms with Crippen molar-refractivity contribution in [2.24, 2.45) is 11.8 Å². The Balaban J connectivity index is 1.33. The van der Waals surface area contributed by atoms with Crippen molar-refractivity contribution in [2.75, 3.05) is 36.5 Å². The molecule has 0 radical (unpaired) electrons. The van der Waals surface area contributed by atoms with Crippen LogP contribution in [-0.4, -0.2) is 43.5 Å². The van der Waals surface area contributed by atoms with Crippen LogP contribution in [0, 0.1) is 18.8 Å². The number of benzene rings is 1. The van der Waals surface area contributed by atoms with Crippen molar-refractivity contribution in [1.29, 1.82) is 0 Å². The summed E-state index contributed by atoms with van der Waals surface area (Å²) in [7, 11) is 1.59. The minimum atomic E-state index is -0.379. The van der Waals surface area contributed by atoms with E-state index in [4.69, 9.17) is 4.74 Å². The molecule has 3 heterocycles. The van der Waals surface area contributed by atoms with Crippen molar-refractivity contribution < 1.29 is 14.3 Å². The Morgan fingerprint density at radius 1 is 1.22 bits per heavy atom. The molecule has 170 valence electrons. The average molecular weight is 437 g/mol. The summed E-state index contributed by atoms with van der Waals surface area (Å²) in [4.78, 5) is 34.0. The van der Waals surface area contributed by atoms with E-state index in [1.54, 1.807) is 12.0 Å². The van der Waals surface area contributed by atoms with Crippen LogP contribution < -0.4 is 19.9 Å². The minimum Gasteiger partial charge on any atom is -0.495 e. The van der Waals surface area contributed by atoms with Crippen LogP contribution in [0.4, 0.5) is 11.5 Å². The second-order valence-electron chi connectivity index (χ2n) is 8.99. The predicted molar refractivity (Wildman–Crippen MR) is 125 cm³/mol. The van der Waals surface area contributed by atoms with Gasteiger partial charge in [-0.15, -0.1) is 0 Å². The number of pyridine rings is 1. The first-order valence-electron chi connectivity index (χ1n) is 11.4. The van der Waals surface area contributed by atoms with Crippen LogP contribution in [0.25, 0.3) is 0 Å². The molecule has 1 aromatic carbocycles. The molecule has 2 fully saturated rings. The molecule has 1 unspecified atom stereocenters. The highest BCUT2D eigenvalue weighted by molar-refractivity contribution is 6.01. The molecule has 0 spiro atoms. The molecule has 0 aliphatic carbocycles. The lowest BCUT2D eigenvalue weighted by Crippen LogP contribution is -2.33. The maximum absolute atomic E-state index is 12.8. The fraction of sp³-hybridized carbons (Fsp3) is 0.480. The molecule has 7 heteroatoms. The Labute approximate surface area is 189 Å². The number of amides is 2. The van der Waals surface area contributed by atoms with Gasteiger partial charge in [-0.05, 0) is 55.0 Å². The molecule has 7 nitrogen and oxygen atoms in total. The number of piperidine rings is 1. The molecule has 2 aromatic rings. The molecule has 1 aromatic heterocycles. The summed E-state index contributed by atoms with van der Waals surface area (Å²) >= 11 is 0. The van der Waals surface area contributed by atoms with E-state index >= 15 is 0 Å². The number of hydrogen-bond donors (Lipinski definition) is 1. The summed E-state index contributed by atoms with van der Waals surface area (Å²) in [6.45, 7) is 7.12. The lowest BCUT2D eigenvalue weighted by atomic mass is 9.99. The lowest BCUT2D eigenvalue weighted by molar-refractivity contribution is -0.126. The Morgan fingerprint density at radius 3 is 2.69 bits per heavy atom. The quantitative estimate of drug-likeness (QED) is 0.752. The second-order valence-corrected chi connectivity index (χ2v) is 8.99. The first kappa shape index (κ1) is 22.1. The Hall–Kier alpha value is -3.09. The summed E-state index contributed by atoms with van der Waals surface area (Å²) < 4.78 is 5.42. The summed E-state index contributed by atoms with van der Waals surface area (Å²) in [5.41, 5.74) is 2.71. The van der Waals surface area contributed by atoms with E-state index in [2.05, 4.69) is 22.1 Å². The van der Waals surface area contributed by atoms with Gasteiger partial charge < -0.3 is 19.9 Å². The third-order valence-corrected chi connectivity index (χ3v) is 6.50. The van der Waals surface area contributed by atoms with Gasteiger partial charge in [0.2, 0.25) is 11.8 Å². The number of methoxy groups -OCH3 is 1. The number of ether oxygens (including phenoxy) is 1. The molecule has 2 amide bonds. The maximum Gasteiger partial charge on any atom is 0.227 e. The van der Waals surface area contributed by atoms with Gasteiger partial charge in [-0.3, -0.25) is 9.59 Å². The molecule has 0 bridgehead atoms. The standard InChI is InChI=1S/C25H32N4O3/c1-17-8-10-28(11-9-17)23-7-5-19(14-26-23)15-27-25(31)20-13-24(30)29(16-20)21-12-18(2)4-6-22(21)32-3/h4-7,12,14,17,20H,8-11,13,15-16H2,1-3H3,(H,27,31). The predicted octanol–water partition coefficient (Wildman–Crippen LogP) is 3.30. The average Bonchev–Trinajstić information content (AvgIpc) is 3.20. The highest BCUT2D eigenvalue weighted by Gasteiger charge is 2.36. The first-order valence-corrected chi connectivity index (χ1v) is 11.4. The van der Waals surface area contributed by atoms with Crippen LogP contribution in [0.2, 0.25) is 0 Å². The van der Waals surface area contributed by atoms with Crippen molar-refractivity contribution in [3.05, 3.63) is 47.7 Å². The number of hydrogen-bond acceptors (Lipinski definition) is 5. The van der Waals surface area contributed by atoms with E-state index in [1.165, 1.54) is 12.8 Å². The van der Waals surface area contributed by atoms with E-state index < -0.39 is 0 Å². The van der Waals surface area contributed by atoms with Crippen molar-refractivity contribution in [2.45, 2.75) is 39.7 Å². The number of nitrogens with one attached hydrogen (secondary N) is 1. The van der Waals surface area contributed by atoms with E-state index in [9.17, 15) is 9.59 Å². The summed E-state index contributed by atoms with van der Waals surface area (Å²) in [6.07, 6.45) is 4.43. The second kappa shape index (κ2) is 9.59. The van der Waals surface area contributed by atoms with Crippen LogP contribution in [0.5, 0.6) is 5.75 Å². The van der Waals surface area contributed by atoms with Crippen molar-refractivity contribution >= 4 is 23.3 Å². The van der Waals surface area contributed by atoms with Crippen LogP contribution in [0.15, 0.2) is 36.5 Å². The number of aryl methyl sites for hydroxylation is 1. The van der Waals surface area contributed by atoms with Gasteiger partial charge in [0.1, 0.15) is 11.6 Å². The lowest BCUT2D eigenvalue weighted by Gasteiger charge is -2.31.